The number of anilines is 2. The summed E-state index contributed by atoms with van der Waals surface area (Å²) in [4.78, 5) is 47.9. The zero-order valence-corrected chi connectivity index (χ0v) is 21.1. The van der Waals surface area contributed by atoms with Crippen molar-refractivity contribution in [3.8, 4) is 5.75 Å². The summed E-state index contributed by atoms with van der Waals surface area (Å²) in [6, 6.07) is 11.5. The molecule has 1 aromatic heterocycles. The summed E-state index contributed by atoms with van der Waals surface area (Å²) in [5, 5.41) is 16.6. The number of benzene rings is 2. The lowest BCUT2D eigenvalue weighted by Gasteiger charge is -2.21. The molecule has 0 aliphatic carbocycles. The van der Waals surface area contributed by atoms with Crippen LogP contribution in [-0.4, -0.2) is 59.1 Å². The van der Waals surface area contributed by atoms with Crippen LogP contribution in [0.2, 0.25) is 0 Å². The summed E-state index contributed by atoms with van der Waals surface area (Å²) >= 11 is 0. The third kappa shape index (κ3) is 6.91. The molecule has 12 nitrogen and oxygen atoms in total. The van der Waals surface area contributed by atoms with Crippen molar-refractivity contribution in [1.29, 1.82) is 0 Å². The van der Waals surface area contributed by atoms with Crippen LogP contribution in [0.3, 0.4) is 0 Å². The van der Waals surface area contributed by atoms with E-state index >= 15 is 0 Å². The molecule has 12 heteroatoms. The van der Waals surface area contributed by atoms with Gasteiger partial charge in [0.2, 0.25) is 11.8 Å². The van der Waals surface area contributed by atoms with Crippen molar-refractivity contribution < 1.29 is 23.9 Å². The summed E-state index contributed by atoms with van der Waals surface area (Å²) in [6.07, 6.45) is 1.96. The van der Waals surface area contributed by atoms with E-state index in [0.29, 0.717) is 54.4 Å². The Balaban J connectivity index is 1.20. The van der Waals surface area contributed by atoms with Crippen LogP contribution in [0.4, 0.5) is 11.4 Å². The zero-order valence-electron chi connectivity index (χ0n) is 21.1. The van der Waals surface area contributed by atoms with Gasteiger partial charge in [0.05, 0.1) is 12.0 Å². The number of hydrogen-bond acceptors (Lipinski definition) is 9. The van der Waals surface area contributed by atoms with Crippen molar-refractivity contribution in [2.75, 3.05) is 37.0 Å². The minimum atomic E-state index is -0.866. The first-order valence-electron chi connectivity index (χ1n) is 12.5. The molecule has 0 radical (unpaired) electrons. The van der Waals surface area contributed by atoms with Crippen LogP contribution in [0.15, 0.2) is 47.3 Å². The van der Waals surface area contributed by atoms with E-state index in [-0.39, 0.29) is 24.7 Å². The summed E-state index contributed by atoms with van der Waals surface area (Å²) in [5.41, 5.74) is 1.32. The predicted molar refractivity (Wildman–Crippen MR) is 140 cm³/mol. The number of aromatic nitrogens is 3. The van der Waals surface area contributed by atoms with E-state index in [0.717, 1.165) is 17.5 Å². The molecule has 1 unspecified atom stereocenters. The lowest BCUT2D eigenvalue weighted by atomic mass is 10.1. The molecule has 1 aliphatic heterocycles. The van der Waals surface area contributed by atoms with Gasteiger partial charge in [-0.05, 0) is 55.7 Å². The van der Waals surface area contributed by atoms with Crippen molar-refractivity contribution in [1.82, 2.24) is 20.3 Å². The fourth-order valence-electron chi connectivity index (χ4n) is 4.08. The summed E-state index contributed by atoms with van der Waals surface area (Å²) in [6.45, 7) is 3.49. The number of ether oxygens (including phenoxy) is 2. The maximum Gasteiger partial charge on any atom is 0.280 e. The van der Waals surface area contributed by atoms with E-state index in [2.05, 4.69) is 26.3 Å². The summed E-state index contributed by atoms with van der Waals surface area (Å²) in [5.74, 6) is -0.334. The second kappa shape index (κ2) is 12.8. The molecule has 0 bridgehead atoms. The van der Waals surface area contributed by atoms with Gasteiger partial charge in [0, 0.05) is 37.9 Å². The second-order valence-corrected chi connectivity index (χ2v) is 8.81. The van der Waals surface area contributed by atoms with Crippen LogP contribution in [0.5, 0.6) is 5.75 Å². The fraction of sp³-hybridized carbons (Fsp3) is 0.385. The number of carbonyl (C=O) groups is 3. The molecule has 4 rings (SSSR count). The molecule has 0 spiro atoms. The number of unbranched alkanes of at least 4 members (excludes halogenated alkanes) is 1. The molecule has 1 aliphatic rings. The Morgan fingerprint density at radius 1 is 1.08 bits per heavy atom. The molecule has 38 heavy (non-hydrogen) atoms. The number of piperidine rings is 1. The number of rotatable bonds is 12. The molecule has 2 heterocycles. The first kappa shape index (κ1) is 26.7. The van der Waals surface area contributed by atoms with Crippen LogP contribution in [0, 0.1) is 0 Å². The molecule has 3 N–H and O–H groups in total. The Morgan fingerprint density at radius 3 is 2.66 bits per heavy atom. The van der Waals surface area contributed by atoms with Gasteiger partial charge in [0.15, 0.2) is 0 Å². The average Bonchev–Trinajstić information content (AvgIpc) is 2.89. The highest BCUT2D eigenvalue weighted by molar-refractivity contribution is 5.99. The lowest BCUT2D eigenvalue weighted by molar-refractivity contribution is -0.136. The first-order valence-corrected chi connectivity index (χ1v) is 12.5. The van der Waals surface area contributed by atoms with Crippen LogP contribution in [-0.2, 0) is 19.1 Å². The van der Waals surface area contributed by atoms with Gasteiger partial charge < -0.3 is 20.1 Å². The quantitative estimate of drug-likeness (QED) is 0.239. The molecule has 1 fully saturated rings. The number of carbonyl (C=O) groups excluding carboxylic acids is 3. The highest BCUT2D eigenvalue weighted by Crippen LogP contribution is 2.21. The molecular formula is C26H30N6O6. The molecule has 1 saturated heterocycles. The van der Waals surface area contributed by atoms with Crippen LogP contribution >= 0.6 is 0 Å². The molecule has 3 aromatic rings. The van der Waals surface area contributed by atoms with Gasteiger partial charge in [-0.2, -0.15) is 4.68 Å². The van der Waals surface area contributed by atoms with Gasteiger partial charge in [0.1, 0.15) is 23.9 Å². The predicted octanol–water partition coefficient (Wildman–Crippen LogP) is 2.02. The smallest absolute Gasteiger partial charge is 0.280 e. The third-order valence-electron chi connectivity index (χ3n) is 5.92. The number of nitrogens with zero attached hydrogens (tertiary/aromatic N) is 3. The van der Waals surface area contributed by atoms with Gasteiger partial charge in [-0.25, -0.2) is 0 Å². The van der Waals surface area contributed by atoms with Gasteiger partial charge >= 0.3 is 0 Å². The van der Waals surface area contributed by atoms with Crippen molar-refractivity contribution in [2.24, 2.45) is 0 Å². The third-order valence-corrected chi connectivity index (χ3v) is 5.92. The Labute approximate surface area is 218 Å². The Bertz CT molecular complexity index is 1360. The van der Waals surface area contributed by atoms with Crippen molar-refractivity contribution in [2.45, 2.75) is 38.6 Å². The minimum absolute atomic E-state index is 0.123. The van der Waals surface area contributed by atoms with Crippen molar-refractivity contribution in [3.05, 3.63) is 52.8 Å². The van der Waals surface area contributed by atoms with E-state index in [9.17, 15) is 19.2 Å². The van der Waals surface area contributed by atoms with Gasteiger partial charge in [-0.3, -0.25) is 24.5 Å². The first-order chi connectivity index (χ1) is 18.4. The molecular weight excluding hydrogens is 492 g/mol. The number of fused-ring (bicyclic) bond motifs is 1. The van der Waals surface area contributed by atoms with Crippen LogP contribution in [0.25, 0.3) is 10.9 Å². The summed E-state index contributed by atoms with van der Waals surface area (Å²) in [7, 11) is 0. The fourth-order valence-corrected chi connectivity index (χ4v) is 4.08. The average molecular weight is 523 g/mol. The monoisotopic (exact) mass is 522 g/mol. The Kier molecular flexibility index (Phi) is 8.98. The standard InChI is InChI=1S/C26H30N6O6/c1-17(33)28-18-7-9-19(10-8-18)38-16-15-37-14-3-2-13-27-20-5-4-6-21-24(20)26(36)32(31-30-21)22-11-12-23(34)29-25(22)35/h4-10,22,27H,2-3,11-16H2,1H3,(H,28,33)(H,29,34,35). The highest BCUT2D eigenvalue weighted by atomic mass is 16.5. The number of hydrogen-bond donors (Lipinski definition) is 3. The van der Waals surface area contributed by atoms with E-state index in [1.165, 1.54) is 6.92 Å². The topological polar surface area (TPSA) is 154 Å². The molecule has 2 aromatic carbocycles. The van der Waals surface area contributed by atoms with E-state index in [1.54, 1.807) is 42.5 Å². The SMILES string of the molecule is CC(=O)Nc1ccc(OCCOCCCCNc2cccc3nnn(C4CCC(=O)NC4=O)c(=O)c23)cc1. The number of nitrogens with one attached hydrogen (secondary N) is 3. The van der Waals surface area contributed by atoms with Gasteiger partial charge in [-0.1, -0.05) is 11.3 Å². The van der Waals surface area contributed by atoms with Crippen LogP contribution in [0.1, 0.15) is 38.6 Å². The minimum Gasteiger partial charge on any atom is -0.491 e. The molecule has 1 atom stereocenters. The lowest BCUT2D eigenvalue weighted by Crippen LogP contribution is -2.45. The second-order valence-electron chi connectivity index (χ2n) is 8.81. The van der Waals surface area contributed by atoms with E-state index in [4.69, 9.17) is 9.47 Å². The van der Waals surface area contributed by atoms with Gasteiger partial charge in [-0.15, -0.1) is 5.10 Å². The molecule has 0 saturated carbocycles. The van der Waals surface area contributed by atoms with E-state index in [1.807, 2.05) is 0 Å². The number of amides is 3. The highest BCUT2D eigenvalue weighted by Gasteiger charge is 2.30. The zero-order chi connectivity index (χ0) is 26.9. The van der Waals surface area contributed by atoms with Gasteiger partial charge in [0.25, 0.3) is 11.5 Å². The molecule has 3 amide bonds. The van der Waals surface area contributed by atoms with Crippen molar-refractivity contribution >= 4 is 40.0 Å². The summed E-state index contributed by atoms with van der Waals surface area (Å²) < 4.78 is 12.3. The largest absolute Gasteiger partial charge is 0.491 e. The van der Waals surface area contributed by atoms with Crippen molar-refractivity contribution in [3.63, 3.8) is 0 Å². The maximum absolute atomic E-state index is 13.2. The molecule has 200 valence electrons. The Hall–Kier alpha value is -4.32. The van der Waals surface area contributed by atoms with Crippen LogP contribution < -0.4 is 26.2 Å². The number of imide groups is 1. The van der Waals surface area contributed by atoms with E-state index < -0.39 is 17.5 Å². The Morgan fingerprint density at radius 2 is 1.89 bits per heavy atom. The normalized spacial score (nSPS) is 15.2. The maximum atomic E-state index is 13.2.